The zero-order chi connectivity index (χ0) is 71.0. The van der Waals surface area contributed by atoms with Gasteiger partial charge in [0.25, 0.3) is 0 Å². The molecule has 96 heavy (non-hydrogen) atoms. The van der Waals surface area contributed by atoms with E-state index in [1.807, 2.05) is 0 Å². The van der Waals surface area contributed by atoms with Gasteiger partial charge in [-0.05, 0) is 49.4 Å². The molecule has 0 heterocycles. The fourth-order valence-corrected chi connectivity index (χ4v) is 13.3. The Hall–Kier alpha value is -1.94. The van der Waals surface area contributed by atoms with Crippen molar-refractivity contribution in [3.05, 3.63) is 0 Å². The second-order valence-corrected chi connectivity index (χ2v) is 32.3. The SMILES string of the molecule is CCC(C)CCCCCCCCCCC(=O)O[C@H](COC(=O)CCCCCCCCCCCCCCCC(C)C)COP(=O)(O)OCC(O)COP(=O)(O)OC[C@@H](COC(=O)CCCCCCCCCC(C)C)OC(=O)CCCCCCCCCCCCCCCCCC(C)C. The summed E-state index contributed by atoms with van der Waals surface area (Å²) in [4.78, 5) is 72.8. The molecule has 570 valence electrons. The minimum atomic E-state index is -4.96. The smallest absolute Gasteiger partial charge is 0.462 e. The van der Waals surface area contributed by atoms with Crippen LogP contribution in [0.5, 0.6) is 0 Å². The van der Waals surface area contributed by atoms with Crippen LogP contribution in [0.4, 0.5) is 0 Å². The Labute approximate surface area is 588 Å². The Balaban J connectivity index is 5.22. The molecule has 6 atom stereocenters. The highest BCUT2D eigenvalue weighted by Crippen LogP contribution is 2.45. The van der Waals surface area contributed by atoms with Crippen LogP contribution in [0.1, 0.15) is 389 Å². The van der Waals surface area contributed by atoms with Gasteiger partial charge in [0.05, 0.1) is 26.4 Å². The van der Waals surface area contributed by atoms with Gasteiger partial charge in [-0.15, -0.1) is 0 Å². The number of aliphatic hydroxyl groups excluding tert-OH is 1. The summed E-state index contributed by atoms with van der Waals surface area (Å²) in [6.07, 6.45) is 51.4. The van der Waals surface area contributed by atoms with Crippen LogP contribution in [-0.2, 0) is 65.4 Å². The maximum absolute atomic E-state index is 13.1. The molecule has 0 bridgehead atoms. The van der Waals surface area contributed by atoms with Crippen LogP contribution in [0, 0.1) is 23.7 Å². The Morgan fingerprint density at radius 3 is 0.740 bits per heavy atom. The third kappa shape index (κ3) is 69.2. The molecule has 0 aromatic heterocycles. The van der Waals surface area contributed by atoms with Gasteiger partial charge >= 0.3 is 39.5 Å². The molecule has 4 unspecified atom stereocenters. The standard InChI is InChI=1S/C77H150O17P2/c1-9-70(8)56-48-40-32-26-27-35-44-52-60-77(82)94-72(63-87-74(79)57-49-41-33-24-20-17-13-15-19-23-30-38-46-54-68(4)5)65-91-95(83,84)89-61-71(78)62-90-96(85,86)92-66-73(64-88-75(80)58-50-42-36-28-31-39-47-55-69(6)7)93-76(81)59-51-43-34-25-21-16-12-10-11-14-18-22-29-37-45-53-67(2)3/h67-73,78H,9-66H2,1-8H3,(H,83,84)(H,85,86)/t70?,71?,72-,73-/m1/s1. The lowest BCUT2D eigenvalue weighted by molar-refractivity contribution is -0.161. The zero-order valence-corrected chi connectivity index (χ0v) is 64.8. The molecule has 0 spiro atoms. The van der Waals surface area contributed by atoms with Gasteiger partial charge in [0, 0.05) is 25.7 Å². The Kier molecular flexibility index (Phi) is 65.0. The van der Waals surface area contributed by atoms with Crippen LogP contribution < -0.4 is 0 Å². The summed E-state index contributed by atoms with van der Waals surface area (Å²) in [5.74, 6) is 0.947. The number of esters is 4. The van der Waals surface area contributed by atoms with Crippen molar-refractivity contribution in [2.24, 2.45) is 23.7 Å². The van der Waals surface area contributed by atoms with Crippen molar-refractivity contribution < 1.29 is 80.2 Å². The van der Waals surface area contributed by atoms with Gasteiger partial charge in [-0.25, -0.2) is 9.13 Å². The lowest BCUT2D eigenvalue weighted by atomic mass is 9.99. The highest BCUT2D eigenvalue weighted by molar-refractivity contribution is 7.47. The van der Waals surface area contributed by atoms with E-state index in [9.17, 15) is 43.2 Å². The number of aliphatic hydroxyl groups is 1. The highest BCUT2D eigenvalue weighted by Gasteiger charge is 2.30. The number of carbonyl (C=O) groups excluding carboxylic acids is 4. The van der Waals surface area contributed by atoms with E-state index in [4.69, 9.17) is 37.0 Å². The maximum Gasteiger partial charge on any atom is 0.472 e. The minimum Gasteiger partial charge on any atom is -0.462 e. The van der Waals surface area contributed by atoms with Gasteiger partial charge in [-0.1, -0.05) is 338 Å². The lowest BCUT2D eigenvalue weighted by Crippen LogP contribution is -2.30. The van der Waals surface area contributed by atoms with Crippen LogP contribution >= 0.6 is 15.6 Å². The van der Waals surface area contributed by atoms with Gasteiger partial charge in [0.2, 0.25) is 0 Å². The molecule has 0 aromatic carbocycles. The molecule has 17 nitrogen and oxygen atoms in total. The molecular weight excluding hydrogens is 1260 g/mol. The van der Waals surface area contributed by atoms with Crippen molar-refractivity contribution in [3.63, 3.8) is 0 Å². The molecule has 3 N–H and O–H groups in total. The number of phosphoric acid groups is 2. The van der Waals surface area contributed by atoms with Crippen LogP contribution in [-0.4, -0.2) is 96.7 Å². The second-order valence-electron chi connectivity index (χ2n) is 29.4. The first-order chi connectivity index (χ1) is 46.1. The van der Waals surface area contributed by atoms with Crippen LogP contribution in [0.25, 0.3) is 0 Å². The molecule has 0 saturated heterocycles. The first-order valence-electron chi connectivity index (χ1n) is 39.7. The van der Waals surface area contributed by atoms with E-state index in [0.29, 0.717) is 31.6 Å². The summed E-state index contributed by atoms with van der Waals surface area (Å²) < 4.78 is 68.6. The van der Waals surface area contributed by atoms with Crippen molar-refractivity contribution in [3.8, 4) is 0 Å². The predicted molar refractivity (Wildman–Crippen MR) is 391 cm³/mol. The number of ether oxygens (including phenoxy) is 4. The van der Waals surface area contributed by atoms with Crippen molar-refractivity contribution >= 4 is 39.5 Å². The average Bonchev–Trinajstić information content (AvgIpc) is 1.10. The van der Waals surface area contributed by atoms with Crippen LogP contribution in [0.2, 0.25) is 0 Å². The molecule has 19 heteroatoms. The lowest BCUT2D eigenvalue weighted by Gasteiger charge is -2.21. The zero-order valence-electron chi connectivity index (χ0n) is 63.0. The number of hydrogen-bond donors (Lipinski definition) is 3. The van der Waals surface area contributed by atoms with E-state index in [-0.39, 0.29) is 25.7 Å². The number of hydrogen-bond acceptors (Lipinski definition) is 15. The molecule has 0 aliphatic rings. The molecule has 0 aliphatic heterocycles. The molecule has 0 radical (unpaired) electrons. The first-order valence-corrected chi connectivity index (χ1v) is 42.7. The summed E-state index contributed by atoms with van der Waals surface area (Å²) in [6, 6.07) is 0. The van der Waals surface area contributed by atoms with E-state index < -0.39 is 97.5 Å². The molecule has 0 saturated carbocycles. The third-order valence-electron chi connectivity index (χ3n) is 18.2. The van der Waals surface area contributed by atoms with E-state index in [1.165, 1.54) is 186 Å². The van der Waals surface area contributed by atoms with E-state index >= 15 is 0 Å². The molecular formula is C77H150O17P2. The predicted octanol–water partition coefficient (Wildman–Crippen LogP) is 22.4. The van der Waals surface area contributed by atoms with E-state index in [0.717, 1.165) is 114 Å². The van der Waals surface area contributed by atoms with Crippen LogP contribution in [0.3, 0.4) is 0 Å². The third-order valence-corrected chi connectivity index (χ3v) is 20.1. The van der Waals surface area contributed by atoms with Gasteiger partial charge in [0.15, 0.2) is 12.2 Å². The Morgan fingerprint density at radius 2 is 0.500 bits per heavy atom. The van der Waals surface area contributed by atoms with Crippen molar-refractivity contribution in [1.29, 1.82) is 0 Å². The minimum absolute atomic E-state index is 0.105. The topological polar surface area (TPSA) is 237 Å². The van der Waals surface area contributed by atoms with Gasteiger partial charge < -0.3 is 33.8 Å². The molecule has 0 rings (SSSR count). The van der Waals surface area contributed by atoms with Crippen molar-refractivity contribution in [1.82, 2.24) is 0 Å². The Morgan fingerprint density at radius 1 is 0.292 bits per heavy atom. The second kappa shape index (κ2) is 66.3. The summed E-state index contributed by atoms with van der Waals surface area (Å²) in [7, 11) is -9.91. The van der Waals surface area contributed by atoms with E-state index in [1.54, 1.807) is 0 Å². The van der Waals surface area contributed by atoms with E-state index in [2.05, 4.69) is 55.4 Å². The molecule has 0 amide bonds. The molecule has 0 fully saturated rings. The number of rotatable bonds is 74. The summed E-state index contributed by atoms with van der Waals surface area (Å²) in [5.41, 5.74) is 0. The normalized spacial score (nSPS) is 14.4. The fourth-order valence-electron chi connectivity index (χ4n) is 11.7. The first kappa shape index (κ1) is 94.1. The largest absolute Gasteiger partial charge is 0.472 e. The summed E-state index contributed by atoms with van der Waals surface area (Å²) >= 11 is 0. The summed E-state index contributed by atoms with van der Waals surface area (Å²) in [6.45, 7) is 14.2. The van der Waals surface area contributed by atoms with Crippen LogP contribution in [0.15, 0.2) is 0 Å². The van der Waals surface area contributed by atoms with Gasteiger partial charge in [-0.2, -0.15) is 0 Å². The highest BCUT2D eigenvalue weighted by atomic mass is 31.2. The maximum atomic E-state index is 13.1. The average molecular weight is 1410 g/mol. The summed E-state index contributed by atoms with van der Waals surface area (Å²) in [5, 5.41) is 10.6. The quantitative estimate of drug-likeness (QED) is 0.0222. The fraction of sp³-hybridized carbons (Fsp3) is 0.948. The van der Waals surface area contributed by atoms with Crippen molar-refractivity contribution in [2.75, 3.05) is 39.6 Å². The molecule has 0 aromatic rings. The van der Waals surface area contributed by atoms with Gasteiger partial charge in [0.1, 0.15) is 19.3 Å². The monoisotopic (exact) mass is 1410 g/mol. The van der Waals surface area contributed by atoms with Crippen molar-refractivity contribution in [2.45, 2.75) is 408 Å². The molecule has 0 aliphatic carbocycles. The number of phosphoric ester groups is 2. The number of carbonyl (C=O) groups is 4. The number of unbranched alkanes of at least 4 members (excludes halogenated alkanes) is 39. The van der Waals surface area contributed by atoms with Gasteiger partial charge in [-0.3, -0.25) is 37.3 Å². The Bertz CT molecular complexity index is 1890.